The molecule has 1 heterocycles. The van der Waals surface area contributed by atoms with Crippen LogP contribution in [0.4, 0.5) is 5.82 Å². The molecular formula is C12H20N2O2. The van der Waals surface area contributed by atoms with Gasteiger partial charge in [-0.1, -0.05) is 6.92 Å². The molecule has 4 heteroatoms. The summed E-state index contributed by atoms with van der Waals surface area (Å²) in [6, 6.07) is 3.75. The van der Waals surface area contributed by atoms with Gasteiger partial charge in [-0.2, -0.15) is 0 Å². The minimum atomic E-state index is -0.394. The molecule has 0 aliphatic carbocycles. The van der Waals surface area contributed by atoms with E-state index in [4.69, 9.17) is 5.11 Å². The van der Waals surface area contributed by atoms with E-state index in [0.717, 1.165) is 23.5 Å². The van der Waals surface area contributed by atoms with Gasteiger partial charge in [-0.05, 0) is 31.0 Å². The van der Waals surface area contributed by atoms with E-state index >= 15 is 0 Å². The van der Waals surface area contributed by atoms with Crippen LogP contribution in [0, 0.1) is 0 Å². The predicted molar refractivity (Wildman–Crippen MR) is 64.5 cm³/mol. The normalized spacial score (nSPS) is 12.6. The van der Waals surface area contributed by atoms with Crippen LogP contribution in [0.25, 0.3) is 0 Å². The Morgan fingerprint density at radius 1 is 1.44 bits per heavy atom. The quantitative estimate of drug-likeness (QED) is 0.782. The summed E-state index contributed by atoms with van der Waals surface area (Å²) in [4.78, 5) is 6.35. The molecule has 0 fully saturated rings. The highest BCUT2D eigenvalue weighted by Gasteiger charge is 2.08. The number of aromatic nitrogens is 1. The van der Waals surface area contributed by atoms with Crippen LogP contribution in [0.5, 0.6) is 0 Å². The number of likely N-dealkylation sites (N-methyl/N-ethyl adjacent to an activating group) is 1. The molecule has 0 amide bonds. The smallest absolute Gasteiger partial charge is 0.128 e. The molecule has 0 aliphatic rings. The van der Waals surface area contributed by atoms with Gasteiger partial charge in [0.1, 0.15) is 5.82 Å². The Labute approximate surface area is 96.6 Å². The van der Waals surface area contributed by atoms with E-state index in [-0.39, 0.29) is 6.61 Å². The van der Waals surface area contributed by atoms with E-state index in [1.54, 1.807) is 6.92 Å². The molecule has 0 aliphatic heterocycles. The van der Waals surface area contributed by atoms with Crippen molar-refractivity contribution in [3.05, 3.63) is 23.4 Å². The van der Waals surface area contributed by atoms with Gasteiger partial charge in [0.05, 0.1) is 12.7 Å². The second-order valence-electron chi connectivity index (χ2n) is 4.07. The van der Waals surface area contributed by atoms with E-state index < -0.39 is 6.10 Å². The molecule has 0 saturated carbocycles. The molecule has 16 heavy (non-hydrogen) atoms. The highest BCUT2D eigenvalue weighted by Crippen LogP contribution is 2.15. The highest BCUT2D eigenvalue weighted by molar-refractivity contribution is 5.42. The first-order chi connectivity index (χ1) is 7.56. The lowest BCUT2D eigenvalue weighted by Gasteiger charge is -2.21. The largest absolute Gasteiger partial charge is 0.392 e. The summed E-state index contributed by atoms with van der Waals surface area (Å²) in [5.74, 6) is 0.796. The maximum Gasteiger partial charge on any atom is 0.128 e. The number of hydrogen-bond acceptors (Lipinski definition) is 4. The van der Waals surface area contributed by atoms with Gasteiger partial charge in [-0.15, -0.1) is 0 Å². The zero-order chi connectivity index (χ0) is 12.1. The summed E-state index contributed by atoms with van der Waals surface area (Å²) in [5.41, 5.74) is 1.82. The van der Waals surface area contributed by atoms with Crippen molar-refractivity contribution in [3.8, 4) is 0 Å². The number of anilines is 1. The summed E-state index contributed by atoms with van der Waals surface area (Å²) in [6.45, 7) is 4.32. The van der Waals surface area contributed by atoms with Gasteiger partial charge in [0.15, 0.2) is 0 Å². The number of hydrogen-bond donors (Lipinski definition) is 2. The van der Waals surface area contributed by atoms with Crippen molar-refractivity contribution < 1.29 is 10.2 Å². The van der Waals surface area contributed by atoms with E-state index in [2.05, 4.69) is 4.98 Å². The van der Waals surface area contributed by atoms with Crippen molar-refractivity contribution in [2.75, 3.05) is 18.5 Å². The fraction of sp³-hybridized carbons (Fsp3) is 0.583. The Morgan fingerprint density at radius 2 is 2.12 bits per heavy atom. The van der Waals surface area contributed by atoms with Crippen molar-refractivity contribution in [3.63, 3.8) is 0 Å². The fourth-order valence-corrected chi connectivity index (χ4v) is 1.59. The Hall–Kier alpha value is -1.13. The molecule has 0 spiro atoms. The topological polar surface area (TPSA) is 56.6 Å². The Kier molecular flexibility index (Phi) is 4.71. The summed E-state index contributed by atoms with van der Waals surface area (Å²) < 4.78 is 0. The van der Waals surface area contributed by atoms with E-state index in [1.807, 2.05) is 31.0 Å². The van der Waals surface area contributed by atoms with Crippen LogP contribution in [0.1, 0.15) is 25.1 Å². The van der Waals surface area contributed by atoms with Gasteiger partial charge in [-0.3, -0.25) is 0 Å². The predicted octanol–water partition coefficient (Wildman–Crippen LogP) is 0.953. The molecule has 2 N–H and O–H groups in total. The van der Waals surface area contributed by atoms with Crippen molar-refractivity contribution in [1.29, 1.82) is 0 Å². The molecule has 0 aromatic carbocycles. The van der Waals surface area contributed by atoms with Crippen LogP contribution >= 0.6 is 0 Å². The first-order valence-electron chi connectivity index (χ1n) is 5.56. The van der Waals surface area contributed by atoms with E-state index in [1.165, 1.54) is 0 Å². The average molecular weight is 224 g/mol. The molecule has 1 rings (SSSR count). The number of aryl methyl sites for hydroxylation is 1. The molecule has 1 unspecified atom stereocenters. The molecule has 90 valence electrons. The number of pyridine rings is 1. The van der Waals surface area contributed by atoms with Crippen LogP contribution in [-0.4, -0.2) is 34.9 Å². The van der Waals surface area contributed by atoms with Crippen LogP contribution in [0.3, 0.4) is 0 Å². The molecule has 0 saturated heterocycles. The molecule has 1 atom stereocenters. The standard InChI is InChI=1S/C12H20N2O2/c1-4-11-5-10(8-15)6-12(13-11)14(3)7-9(2)16/h5-6,9,15-16H,4,7-8H2,1-3H3. The first kappa shape index (κ1) is 12.9. The number of aliphatic hydroxyl groups is 2. The van der Waals surface area contributed by atoms with Crippen molar-refractivity contribution in [1.82, 2.24) is 4.98 Å². The fourth-order valence-electron chi connectivity index (χ4n) is 1.59. The van der Waals surface area contributed by atoms with Crippen LogP contribution in [0.15, 0.2) is 12.1 Å². The number of nitrogens with zero attached hydrogens (tertiary/aromatic N) is 2. The van der Waals surface area contributed by atoms with Crippen molar-refractivity contribution >= 4 is 5.82 Å². The third-order valence-corrected chi connectivity index (χ3v) is 2.40. The van der Waals surface area contributed by atoms with Crippen LogP contribution < -0.4 is 4.90 Å². The zero-order valence-electron chi connectivity index (χ0n) is 10.1. The van der Waals surface area contributed by atoms with Crippen molar-refractivity contribution in [2.45, 2.75) is 33.0 Å². The highest BCUT2D eigenvalue weighted by atomic mass is 16.3. The zero-order valence-corrected chi connectivity index (χ0v) is 10.1. The summed E-state index contributed by atoms with van der Waals surface area (Å²) in [7, 11) is 1.88. The van der Waals surface area contributed by atoms with E-state index in [9.17, 15) is 5.11 Å². The maximum absolute atomic E-state index is 9.32. The second kappa shape index (κ2) is 5.82. The SMILES string of the molecule is CCc1cc(CO)cc(N(C)CC(C)O)n1. The minimum absolute atomic E-state index is 0.0189. The van der Waals surface area contributed by atoms with Gasteiger partial charge in [0.25, 0.3) is 0 Å². The van der Waals surface area contributed by atoms with Crippen LogP contribution in [0.2, 0.25) is 0 Å². The minimum Gasteiger partial charge on any atom is -0.392 e. The van der Waals surface area contributed by atoms with E-state index in [0.29, 0.717) is 6.54 Å². The Balaban J connectivity index is 2.93. The Morgan fingerprint density at radius 3 is 2.62 bits per heavy atom. The van der Waals surface area contributed by atoms with Gasteiger partial charge >= 0.3 is 0 Å². The number of aliphatic hydroxyl groups excluding tert-OH is 2. The third-order valence-electron chi connectivity index (χ3n) is 2.40. The molecular weight excluding hydrogens is 204 g/mol. The third kappa shape index (κ3) is 3.47. The molecule has 0 bridgehead atoms. The second-order valence-corrected chi connectivity index (χ2v) is 4.07. The summed E-state index contributed by atoms with van der Waals surface area (Å²) >= 11 is 0. The lowest BCUT2D eigenvalue weighted by atomic mass is 10.2. The first-order valence-corrected chi connectivity index (χ1v) is 5.56. The van der Waals surface area contributed by atoms with Gasteiger partial charge < -0.3 is 15.1 Å². The van der Waals surface area contributed by atoms with Gasteiger partial charge in [0, 0.05) is 19.3 Å². The summed E-state index contributed by atoms with van der Waals surface area (Å²) in [5, 5.41) is 18.5. The Bertz CT molecular complexity index is 318. The van der Waals surface area contributed by atoms with Crippen LogP contribution in [-0.2, 0) is 13.0 Å². The van der Waals surface area contributed by atoms with Gasteiger partial charge in [-0.25, -0.2) is 4.98 Å². The lowest BCUT2D eigenvalue weighted by molar-refractivity contribution is 0.201. The monoisotopic (exact) mass is 224 g/mol. The average Bonchev–Trinajstić information content (AvgIpc) is 2.27. The molecule has 0 radical (unpaired) electrons. The summed E-state index contributed by atoms with van der Waals surface area (Å²) in [6.07, 6.45) is 0.443. The van der Waals surface area contributed by atoms with Gasteiger partial charge in [0.2, 0.25) is 0 Å². The molecule has 1 aromatic heterocycles. The maximum atomic E-state index is 9.32. The van der Waals surface area contributed by atoms with Crippen molar-refractivity contribution in [2.24, 2.45) is 0 Å². The number of rotatable bonds is 5. The molecule has 1 aromatic rings. The molecule has 4 nitrogen and oxygen atoms in total. The lowest BCUT2D eigenvalue weighted by Crippen LogP contribution is -2.27.